The largest absolute Gasteiger partial charge is 0.270 e. The molecule has 3 heteroatoms. The normalized spacial score (nSPS) is 16.2. The standard InChI is InChI=1S/C19H14N2O/c1-3-7-14(8-4-1)16-11-17(15-9-5-2-6-10-15)13-19-18(12-16)20-22-21-19/h1-13,20H. The Bertz CT molecular complexity index is 775. The molecule has 1 aliphatic carbocycles. The van der Waals surface area contributed by atoms with Crippen molar-refractivity contribution in [1.82, 2.24) is 5.48 Å². The Kier molecular flexibility index (Phi) is 3.09. The Morgan fingerprint density at radius 3 is 1.91 bits per heavy atom. The van der Waals surface area contributed by atoms with E-state index in [2.05, 4.69) is 47.1 Å². The monoisotopic (exact) mass is 286 g/mol. The van der Waals surface area contributed by atoms with Crippen LogP contribution in [0.5, 0.6) is 0 Å². The molecule has 22 heavy (non-hydrogen) atoms. The first-order valence-electron chi connectivity index (χ1n) is 7.16. The van der Waals surface area contributed by atoms with Crippen molar-refractivity contribution in [3.8, 4) is 0 Å². The van der Waals surface area contributed by atoms with E-state index in [1.54, 1.807) is 0 Å². The van der Waals surface area contributed by atoms with Gasteiger partial charge in [0.15, 0.2) is 0 Å². The summed E-state index contributed by atoms with van der Waals surface area (Å²) in [5.74, 6) is 0. The van der Waals surface area contributed by atoms with Gasteiger partial charge in [-0.05, 0) is 40.5 Å². The highest BCUT2D eigenvalue weighted by Gasteiger charge is 2.18. The second-order valence-electron chi connectivity index (χ2n) is 5.16. The summed E-state index contributed by atoms with van der Waals surface area (Å²) in [5, 5.41) is 4.05. The summed E-state index contributed by atoms with van der Waals surface area (Å²) in [7, 11) is 0. The van der Waals surface area contributed by atoms with Gasteiger partial charge in [-0.25, -0.2) is 0 Å². The van der Waals surface area contributed by atoms with E-state index in [9.17, 15) is 0 Å². The van der Waals surface area contributed by atoms with Gasteiger partial charge in [-0.1, -0.05) is 65.8 Å². The van der Waals surface area contributed by atoms with Crippen molar-refractivity contribution in [3.05, 3.63) is 95.7 Å². The van der Waals surface area contributed by atoms with Crippen LogP contribution in [0.3, 0.4) is 0 Å². The van der Waals surface area contributed by atoms with Gasteiger partial charge in [-0.2, -0.15) is 5.48 Å². The van der Waals surface area contributed by atoms with Gasteiger partial charge in [0, 0.05) is 0 Å². The van der Waals surface area contributed by atoms with Gasteiger partial charge >= 0.3 is 0 Å². The van der Waals surface area contributed by atoms with Gasteiger partial charge in [0.2, 0.25) is 0 Å². The molecule has 0 unspecified atom stereocenters. The molecule has 0 bridgehead atoms. The molecule has 0 fully saturated rings. The van der Waals surface area contributed by atoms with Gasteiger partial charge < -0.3 is 0 Å². The Morgan fingerprint density at radius 1 is 0.682 bits per heavy atom. The number of nitrogens with one attached hydrogen (secondary N) is 1. The van der Waals surface area contributed by atoms with Crippen molar-refractivity contribution >= 4 is 16.9 Å². The van der Waals surface area contributed by atoms with Crippen LogP contribution in [0.2, 0.25) is 0 Å². The molecule has 0 atom stereocenters. The number of benzene rings is 2. The lowest BCUT2D eigenvalue weighted by Crippen LogP contribution is -2.08. The van der Waals surface area contributed by atoms with Gasteiger partial charge in [-0.3, -0.25) is 4.94 Å². The third kappa shape index (κ3) is 2.33. The van der Waals surface area contributed by atoms with Crippen molar-refractivity contribution in [1.29, 1.82) is 0 Å². The van der Waals surface area contributed by atoms with Crippen LogP contribution in [0, 0.1) is 0 Å². The van der Waals surface area contributed by atoms with E-state index in [1.807, 2.05) is 42.5 Å². The fourth-order valence-electron chi connectivity index (χ4n) is 2.58. The van der Waals surface area contributed by atoms with Gasteiger partial charge in [-0.15, -0.1) is 0 Å². The van der Waals surface area contributed by atoms with Crippen LogP contribution < -0.4 is 5.48 Å². The summed E-state index contributed by atoms with van der Waals surface area (Å²) in [6.45, 7) is 0. The maximum atomic E-state index is 5.01. The van der Waals surface area contributed by atoms with E-state index in [-0.39, 0.29) is 0 Å². The zero-order chi connectivity index (χ0) is 14.8. The number of rotatable bonds is 2. The van der Waals surface area contributed by atoms with E-state index in [0.29, 0.717) is 0 Å². The molecule has 1 N–H and O–H groups in total. The minimum atomic E-state index is 0.807. The lowest BCUT2D eigenvalue weighted by molar-refractivity contribution is 0.0906. The Hall–Kier alpha value is -3.07. The van der Waals surface area contributed by atoms with Crippen LogP contribution in [-0.2, 0) is 4.94 Å². The predicted octanol–water partition coefficient (Wildman–Crippen LogP) is 3.94. The summed E-state index contributed by atoms with van der Waals surface area (Å²) in [6, 6.07) is 20.6. The highest BCUT2D eigenvalue weighted by molar-refractivity contribution is 6.16. The van der Waals surface area contributed by atoms with Gasteiger partial charge in [0.25, 0.3) is 0 Å². The molecule has 3 nitrogen and oxygen atoms in total. The molecular weight excluding hydrogens is 272 g/mol. The fourth-order valence-corrected chi connectivity index (χ4v) is 2.58. The average Bonchev–Trinajstić information content (AvgIpc) is 2.94. The molecule has 1 aliphatic heterocycles. The number of allylic oxidation sites excluding steroid dienone is 5. The Balaban J connectivity index is 1.87. The van der Waals surface area contributed by atoms with Gasteiger partial charge in [0.1, 0.15) is 11.4 Å². The molecule has 2 aromatic carbocycles. The average molecular weight is 286 g/mol. The third-order valence-electron chi connectivity index (χ3n) is 3.69. The second kappa shape index (κ2) is 5.37. The molecule has 0 spiro atoms. The lowest BCUT2D eigenvalue weighted by atomic mass is 9.99. The van der Waals surface area contributed by atoms with Crippen molar-refractivity contribution in [2.45, 2.75) is 0 Å². The van der Waals surface area contributed by atoms with Crippen LogP contribution in [0.15, 0.2) is 89.7 Å². The Morgan fingerprint density at radius 2 is 1.27 bits per heavy atom. The predicted molar refractivity (Wildman–Crippen MR) is 88.6 cm³/mol. The first-order valence-corrected chi connectivity index (χ1v) is 7.16. The minimum absolute atomic E-state index is 0.807. The van der Waals surface area contributed by atoms with Crippen LogP contribution >= 0.6 is 0 Å². The number of hydrogen-bond acceptors (Lipinski definition) is 3. The van der Waals surface area contributed by atoms with E-state index in [0.717, 1.165) is 33.7 Å². The van der Waals surface area contributed by atoms with Gasteiger partial charge in [0.05, 0.1) is 0 Å². The summed E-state index contributed by atoms with van der Waals surface area (Å²) in [5.41, 5.74) is 9.06. The molecule has 0 amide bonds. The van der Waals surface area contributed by atoms with Crippen LogP contribution in [0.25, 0.3) is 11.1 Å². The molecule has 106 valence electrons. The summed E-state index contributed by atoms with van der Waals surface area (Å²) in [4.78, 5) is 5.01. The van der Waals surface area contributed by atoms with Crippen LogP contribution in [0.4, 0.5) is 0 Å². The molecule has 0 aromatic heterocycles. The third-order valence-corrected chi connectivity index (χ3v) is 3.69. The summed E-state index contributed by atoms with van der Waals surface area (Å²) >= 11 is 0. The second-order valence-corrected chi connectivity index (χ2v) is 5.16. The maximum absolute atomic E-state index is 5.01. The number of nitrogens with zero attached hydrogens (tertiary/aromatic N) is 1. The molecule has 0 saturated carbocycles. The van der Waals surface area contributed by atoms with Crippen LogP contribution in [0.1, 0.15) is 11.1 Å². The van der Waals surface area contributed by atoms with E-state index in [4.69, 9.17) is 4.94 Å². The topological polar surface area (TPSA) is 33.6 Å². The number of oxime groups is 1. The molecule has 1 heterocycles. The molecular formula is C19H14N2O. The maximum Gasteiger partial charge on any atom is 0.133 e. The highest BCUT2D eigenvalue weighted by Crippen LogP contribution is 2.28. The van der Waals surface area contributed by atoms with Crippen molar-refractivity contribution in [3.63, 3.8) is 0 Å². The first-order chi connectivity index (χ1) is 10.9. The van der Waals surface area contributed by atoms with E-state index < -0.39 is 0 Å². The number of hydrogen-bond donors (Lipinski definition) is 1. The van der Waals surface area contributed by atoms with Crippen molar-refractivity contribution in [2.75, 3.05) is 0 Å². The molecule has 4 rings (SSSR count). The summed E-state index contributed by atoms with van der Waals surface area (Å²) in [6.07, 6.45) is 6.28. The first kappa shape index (κ1) is 12.7. The number of hydroxylamine groups is 1. The fraction of sp³-hybridized carbons (Fsp3) is 0. The molecule has 0 saturated heterocycles. The summed E-state index contributed by atoms with van der Waals surface area (Å²) < 4.78 is 0. The highest BCUT2D eigenvalue weighted by atomic mass is 16.8. The van der Waals surface area contributed by atoms with Crippen molar-refractivity contribution < 1.29 is 4.94 Å². The number of fused-ring (bicyclic) bond motifs is 1. The van der Waals surface area contributed by atoms with Crippen molar-refractivity contribution in [2.24, 2.45) is 5.16 Å². The Labute approximate surface area is 128 Å². The lowest BCUT2D eigenvalue weighted by Gasteiger charge is -2.05. The van der Waals surface area contributed by atoms with E-state index >= 15 is 0 Å². The smallest absolute Gasteiger partial charge is 0.133 e. The SMILES string of the molecule is C1=C2NON=C2C=C(c2ccccc2)C=C1c1ccccc1. The zero-order valence-corrected chi connectivity index (χ0v) is 11.9. The molecule has 2 aromatic rings. The molecule has 2 aliphatic rings. The van der Waals surface area contributed by atoms with Crippen LogP contribution in [-0.4, -0.2) is 5.71 Å². The quantitative estimate of drug-likeness (QED) is 0.907. The zero-order valence-electron chi connectivity index (χ0n) is 11.9. The van der Waals surface area contributed by atoms with E-state index in [1.165, 1.54) is 0 Å². The molecule has 0 radical (unpaired) electrons. The minimum Gasteiger partial charge on any atom is -0.270 e.